The van der Waals surface area contributed by atoms with E-state index in [1.165, 1.54) is 0 Å². The molecule has 0 aromatic heterocycles. The highest BCUT2D eigenvalue weighted by Gasteiger charge is 2.42. The average molecular weight is 311 g/mol. The number of nitrogens with one attached hydrogen (secondary N) is 1. The van der Waals surface area contributed by atoms with Crippen LogP contribution in [0.2, 0.25) is 0 Å². The molecule has 0 heterocycles. The third-order valence-electron chi connectivity index (χ3n) is 5.12. The van der Waals surface area contributed by atoms with Gasteiger partial charge in [-0.1, -0.05) is 32.1 Å². The average Bonchev–Trinajstić information content (AvgIpc) is 2.74. The summed E-state index contributed by atoms with van der Waals surface area (Å²) in [5, 5.41) is 21.5. The molecule has 2 fully saturated rings. The minimum atomic E-state index is -1.16. The number of rotatable bonds is 4. The Morgan fingerprint density at radius 2 is 1.45 bits per heavy atom. The molecule has 0 saturated heterocycles. The number of carboxylic acids is 2. The summed E-state index contributed by atoms with van der Waals surface area (Å²) in [7, 11) is 0. The molecule has 3 N–H and O–H groups in total. The molecule has 0 aliphatic heterocycles. The molecular formula is C16H25NO5. The van der Waals surface area contributed by atoms with Gasteiger partial charge in [-0.15, -0.1) is 0 Å². The molecule has 6 heteroatoms. The highest BCUT2D eigenvalue weighted by atomic mass is 16.4. The van der Waals surface area contributed by atoms with Gasteiger partial charge in [0.2, 0.25) is 5.91 Å². The van der Waals surface area contributed by atoms with Crippen LogP contribution in [0.25, 0.3) is 0 Å². The van der Waals surface area contributed by atoms with Gasteiger partial charge in [-0.25, -0.2) is 4.79 Å². The van der Waals surface area contributed by atoms with Crippen molar-refractivity contribution in [3.8, 4) is 0 Å². The second kappa shape index (κ2) is 7.11. The van der Waals surface area contributed by atoms with Crippen LogP contribution in [0.1, 0.15) is 64.2 Å². The van der Waals surface area contributed by atoms with E-state index in [1.54, 1.807) is 0 Å². The second-order valence-electron chi connectivity index (χ2n) is 6.69. The van der Waals surface area contributed by atoms with Crippen LogP contribution in [0.15, 0.2) is 0 Å². The van der Waals surface area contributed by atoms with E-state index >= 15 is 0 Å². The minimum absolute atomic E-state index is 0.282. The number of hydrogen-bond acceptors (Lipinski definition) is 3. The summed E-state index contributed by atoms with van der Waals surface area (Å²) >= 11 is 0. The Morgan fingerprint density at radius 1 is 0.864 bits per heavy atom. The van der Waals surface area contributed by atoms with Gasteiger partial charge in [-0.3, -0.25) is 9.59 Å². The van der Waals surface area contributed by atoms with Crippen molar-refractivity contribution in [2.24, 2.45) is 11.8 Å². The van der Waals surface area contributed by atoms with Crippen molar-refractivity contribution in [3.63, 3.8) is 0 Å². The number of hydrogen-bond donors (Lipinski definition) is 3. The zero-order valence-electron chi connectivity index (χ0n) is 12.8. The Labute approximate surface area is 130 Å². The van der Waals surface area contributed by atoms with Gasteiger partial charge in [-0.2, -0.15) is 0 Å². The van der Waals surface area contributed by atoms with Gasteiger partial charge < -0.3 is 15.5 Å². The molecule has 0 aromatic carbocycles. The van der Waals surface area contributed by atoms with Crippen molar-refractivity contribution < 1.29 is 24.6 Å². The van der Waals surface area contributed by atoms with Gasteiger partial charge in [0.25, 0.3) is 0 Å². The molecule has 0 bridgehead atoms. The molecule has 22 heavy (non-hydrogen) atoms. The van der Waals surface area contributed by atoms with Crippen LogP contribution in [0.4, 0.5) is 0 Å². The number of carbonyl (C=O) groups excluding carboxylic acids is 1. The van der Waals surface area contributed by atoms with Crippen LogP contribution in [0.5, 0.6) is 0 Å². The minimum Gasteiger partial charge on any atom is -0.481 e. The highest BCUT2D eigenvalue weighted by Crippen LogP contribution is 2.32. The number of carboxylic acid groups (broad SMARTS) is 2. The lowest BCUT2D eigenvalue weighted by atomic mass is 9.80. The Morgan fingerprint density at radius 3 is 2.00 bits per heavy atom. The van der Waals surface area contributed by atoms with Crippen molar-refractivity contribution >= 4 is 17.8 Å². The van der Waals surface area contributed by atoms with Crippen LogP contribution in [0.3, 0.4) is 0 Å². The van der Waals surface area contributed by atoms with E-state index < -0.39 is 23.4 Å². The molecule has 0 spiro atoms. The summed E-state index contributed by atoms with van der Waals surface area (Å²) in [4.78, 5) is 35.3. The molecule has 1 amide bonds. The topological polar surface area (TPSA) is 104 Å². The van der Waals surface area contributed by atoms with Crippen molar-refractivity contribution in [1.82, 2.24) is 5.32 Å². The summed E-state index contributed by atoms with van der Waals surface area (Å²) in [6.07, 6.45) is 6.78. The molecule has 2 saturated carbocycles. The summed E-state index contributed by atoms with van der Waals surface area (Å²) < 4.78 is 0. The lowest BCUT2D eigenvalue weighted by Crippen LogP contribution is -2.56. The predicted octanol–water partition coefficient (Wildman–Crippen LogP) is 2.17. The van der Waals surface area contributed by atoms with Gasteiger partial charge in [0.05, 0.1) is 5.92 Å². The zero-order chi connectivity index (χ0) is 16.2. The number of aliphatic carboxylic acids is 2. The zero-order valence-corrected chi connectivity index (χ0v) is 12.8. The molecule has 124 valence electrons. The molecule has 0 radical (unpaired) electrons. The molecule has 2 atom stereocenters. The fourth-order valence-corrected chi connectivity index (χ4v) is 3.71. The van der Waals surface area contributed by atoms with Crippen LogP contribution in [-0.2, 0) is 14.4 Å². The number of carbonyl (C=O) groups is 3. The summed E-state index contributed by atoms with van der Waals surface area (Å²) in [5.41, 5.74) is -1.16. The van der Waals surface area contributed by atoms with Crippen LogP contribution < -0.4 is 5.32 Å². The SMILES string of the molecule is O=C(O)[C@@H]1CCC[C@H](C(=O)NC2(C(=O)O)CCCCCC2)C1. The third-order valence-corrected chi connectivity index (χ3v) is 5.12. The van der Waals surface area contributed by atoms with Crippen molar-refractivity contribution in [2.45, 2.75) is 69.7 Å². The summed E-state index contributed by atoms with van der Waals surface area (Å²) in [5.74, 6) is -2.97. The van der Waals surface area contributed by atoms with E-state index in [1.807, 2.05) is 0 Å². The standard InChI is InChI=1S/C16H25NO5/c18-13(11-6-5-7-12(10-11)14(19)20)17-16(15(21)22)8-3-1-2-4-9-16/h11-12H,1-10H2,(H,17,18)(H,19,20)(H,21,22)/t11-,12+/m0/s1. The lowest BCUT2D eigenvalue weighted by molar-refractivity contribution is -0.150. The smallest absolute Gasteiger partial charge is 0.329 e. The normalized spacial score (nSPS) is 28.4. The first kappa shape index (κ1) is 16.8. The molecule has 0 unspecified atom stereocenters. The quantitative estimate of drug-likeness (QED) is 0.690. The van der Waals surface area contributed by atoms with Crippen molar-refractivity contribution in [3.05, 3.63) is 0 Å². The van der Waals surface area contributed by atoms with Crippen LogP contribution >= 0.6 is 0 Å². The first-order valence-electron chi connectivity index (χ1n) is 8.23. The van der Waals surface area contributed by atoms with Gasteiger partial charge in [-0.05, 0) is 32.1 Å². The Bertz CT molecular complexity index is 440. The van der Waals surface area contributed by atoms with Crippen LogP contribution in [-0.4, -0.2) is 33.6 Å². The van der Waals surface area contributed by atoms with E-state index in [-0.39, 0.29) is 11.8 Å². The highest BCUT2D eigenvalue weighted by molar-refractivity contribution is 5.88. The largest absolute Gasteiger partial charge is 0.481 e. The second-order valence-corrected chi connectivity index (χ2v) is 6.69. The Hall–Kier alpha value is -1.59. The van der Waals surface area contributed by atoms with E-state index in [0.717, 1.165) is 25.7 Å². The Kier molecular flexibility index (Phi) is 5.42. The first-order valence-corrected chi connectivity index (χ1v) is 8.23. The Balaban J connectivity index is 2.04. The number of amides is 1. The molecule has 2 aliphatic rings. The van der Waals surface area contributed by atoms with Crippen molar-refractivity contribution in [2.75, 3.05) is 0 Å². The van der Waals surface area contributed by atoms with Crippen molar-refractivity contribution in [1.29, 1.82) is 0 Å². The molecule has 0 aromatic rings. The van der Waals surface area contributed by atoms with Gasteiger partial charge >= 0.3 is 11.9 Å². The van der Waals surface area contributed by atoms with E-state index in [9.17, 15) is 19.5 Å². The fraction of sp³-hybridized carbons (Fsp3) is 0.812. The molecule has 2 aliphatic carbocycles. The monoisotopic (exact) mass is 311 g/mol. The molecule has 6 nitrogen and oxygen atoms in total. The third kappa shape index (κ3) is 3.78. The lowest BCUT2D eigenvalue weighted by Gasteiger charge is -2.33. The van der Waals surface area contributed by atoms with Gasteiger partial charge in [0.15, 0.2) is 0 Å². The van der Waals surface area contributed by atoms with Gasteiger partial charge in [0.1, 0.15) is 5.54 Å². The maximum absolute atomic E-state index is 12.5. The van der Waals surface area contributed by atoms with Gasteiger partial charge in [0, 0.05) is 5.92 Å². The predicted molar refractivity (Wildman–Crippen MR) is 79.3 cm³/mol. The first-order chi connectivity index (χ1) is 10.4. The fourth-order valence-electron chi connectivity index (χ4n) is 3.71. The summed E-state index contributed by atoms with van der Waals surface area (Å²) in [6.45, 7) is 0. The molecular weight excluding hydrogens is 286 g/mol. The maximum Gasteiger partial charge on any atom is 0.329 e. The summed E-state index contributed by atoms with van der Waals surface area (Å²) in [6, 6.07) is 0. The van der Waals surface area contributed by atoms with E-state index in [4.69, 9.17) is 5.11 Å². The van der Waals surface area contributed by atoms with E-state index in [0.29, 0.717) is 38.5 Å². The van der Waals surface area contributed by atoms with E-state index in [2.05, 4.69) is 5.32 Å². The molecule has 2 rings (SSSR count). The maximum atomic E-state index is 12.5. The van der Waals surface area contributed by atoms with Crippen LogP contribution in [0, 0.1) is 11.8 Å².